The number of amides is 2. The third-order valence-electron chi connectivity index (χ3n) is 10.1. The average Bonchev–Trinajstić information content (AvgIpc) is 3.11. The van der Waals surface area contributed by atoms with Crippen LogP contribution in [0.1, 0.15) is 78.9 Å². The normalized spacial score (nSPS) is 18.6. The Morgan fingerprint density at radius 3 is 2.02 bits per heavy atom. The number of hydrogen-bond donors (Lipinski definition) is 1. The number of nitrogens with one attached hydrogen (secondary N) is 1. The van der Waals surface area contributed by atoms with Gasteiger partial charge in [0.25, 0.3) is 5.91 Å². The molecule has 1 aromatic heterocycles. The molecule has 47 heavy (non-hydrogen) atoms. The molecular weight excluding hydrogens is 584 g/mol. The fourth-order valence-corrected chi connectivity index (χ4v) is 6.84. The van der Waals surface area contributed by atoms with Crippen molar-refractivity contribution < 1.29 is 14.4 Å². The van der Waals surface area contributed by atoms with Gasteiger partial charge in [-0.1, -0.05) is 80.9 Å². The number of carbonyl (C=O) groups excluding carboxylic acids is 3. The van der Waals surface area contributed by atoms with E-state index < -0.39 is 6.04 Å². The summed E-state index contributed by atoms with van der Waals surface area (Å²) in [5.41, 5.74) is 6.95. The summed E-state index contributed by atoms with van der Waals surface area (Å²) < 4.78 is 0. The molecule has 2 amide bonds. The van der Waals surface area contributed by atoms with Crippen LogP contribution in [0.25, 0.3) is 22.5 Å². The van der Waals surface area contributed by atoms with E-state index in [9.17, 15) is 14.4 Å². The lowest BCUT2D eigenvalue weighted by atomic mass is 9.78. The summed E-state index contributed by atoms with van der Waals surface area (Å²) in [6.45, 7) is 5.14. The molecule has 0 radical (unpaired) electrons. The Balaban J connectivity index is 1.10. The Labute approximate surface area is 277 Å². The molecule has 6 rings (SSSR count). The molecule has 1 aliphatic carbocycles. The molecule has 0 bridgehead atoms. The van der Waals surface area contributed by atoms with Gasteiger partial charge in [0.1, 0.15) is 12.3 Å². The molecule has 1 aliphatic heterocycles. The Kier molecular flexibility index (Phi) is 10.2. The van der Waals surface area contributed by atoms with E-state index in [1.807, 2.05) is 48.8 Å². The number of likely N-dealkylation sites (tertiary alicyclic amines) is 1. The lowest BCUT2D eigenvalue weighted by Crippen LogP contribution is -2.58. The van der Waals surface area contributed by atoms with E-state index >= 15 is 0 Å². The quantitative estimate of drug-likeness (QED) is 0.180. The molecule has 1 unspecified atom stereocenters. The zero-order valence-electron chi connectivity index (χ0n) is 27.4. The molecule has 7 heteroatoms. The molecule has 1 saturated carbocycles. The van der Waals surface area contributed by atoms with Crippen LogP contribution in [0.5, 0.6) is 0 Å². The van der Waals surface area contributed by atoms with E-state index in [-0.39, 0.29) is 17.7 Å². The highest BCUT2D eigenvalue weighted by Crippen LogP contribution is 2.37. The third-order valence-corrected chi connectivity index (χ3v) is 10.1. The van der Waals surface area contributed by atoms with Gasteiger partial charge in [0.2, 0.25) is 5.91 Å². The Morgan fingerprint density at radius 1 is 0.809 bits per heavy atom. The molecule has 2 heterocycles. The van der Waals surface area contributed by atoms with Gasteiger partial charge in [0.15, 0.2) is 5.82 Å². The van der Waals surface area contributed by atoms with Gasteiger partial charge >= 0.3 is 0 Å². The van der Waals surface area contributed by atoms with E-state index in [2.05, 4.69) is 53.4 Å². The second-order valence-electron chi connectivity index (χ2n) is 13.2. The Hall–Kier alpha value is -4.65. The molecule has 0 spiro atoms. The van der Waals surface area contributed by atoms with Crippen molar-refractivity contribution in [3.63, 3.8) is 0 Å². The summed E-state index contributed by atoms with van der Waals surface area (Å²) in [6.07, 6.45) is 12.4. The molecule has 2 fully saturated rings. The van der Waals surface area contributed by atoms with E-state index in [0.29, 0.717) is 36.8 Å². The summed E-state index contributed by atoms with van der Waals surface area (Å²) >= 11 is 0. The first kappa shape index (κ1) is 32.3. The monoisotopic (exact) mass is 628 g/mol. The summed E-state index contributed by atoms with van der Waals surface area (Å²) in [7, 11) is 0. The lowest BCUT2D eigenvalue weighted by Gasteiger charge is -2.38. The van der Waals surface area contributed by atoms with Crippen molar-refractivity contribution in [1.29, 1.82) is 0 Å². The van der Waals surface area contributed by atoms with Crippen LogP contribution in [0.4, 0.5) is 0 Å². The molecule has 4 aromatic rings. The number of nitrogens with zero attached hydrogens (tertiary/aromatic N) is 3. The van der Waals surface area contributed by atoms with Crippen molar-refractivity contribution in [2.75, 3.05) is 13.1 Å². The Morgan fingerprint density at radius 2 is 1.43 bits per heavy atom. The number of aromatic nitrogens is 2. The van der Waals surface area contributed by atoms with E-state index in [0.717, 1.165) is 46.4 Å². The lowest BCUT2D eigenvalue weighted by molar-refractivity contribution is -0.141. The zero-order chi connectivity index (χ0) is 32.8. The molecule has 7 nitrogen and oxygen atoms in total. The van der Waals surface area contributed by atoms with Crippen LogP contribution >= 0.6 is 0 Å². The summed E-state index contributed by atoms with van der Waals surface area (Å²) in [6, 6.07) is 23.4. The molecule has 1 saturated heterocycles. The van der Waals surface area contributed by atoms with E-state index in [1.165, 1.54) is 37.7 Å². The second kappa shape index (κ2) is 14.8. The number of benzene rings is 3. The first-order valence-electron chi connectivity index (χ1n) is 17.1. The van der Waals surface area contributed by atoms with E-state index in [4.69, 9.17) is 0 Å². The number of hydrogen-bond acceptors (Lipinski definition) is 5. The fraction of sp³-hybridized carbons (Fsp3) is 0.375. The van der Waals surface area contributed by atoms with Crippen LogP contribution in [0.3, 0.4) is 0 Å². The summed E-state index contributed by atoms with van der Waals surface area (Å²) in [5, 5.41) is 2.95. The van der Waals surface area contributed by atoms with Gasteiger partial charge in [0.05, 0.1) is 0 Å². The third kappa shape index (κ3) is 7.67. The van der Waals surface area contributed by atoms with Crippen LogP contribution in [0, 0.1) is 11.8 Å². The van der Waals surface area contributed by atoms with Crippen molar-refractivity contribution in [3.8, 4) is 22.5 Å². The highest BCUT2D eigenvalue weighted by Gasteiger charge is 2.35. The highest BCUT2D eigenvalue weighted by molar-refractivity contribution is 5.98. The van der Waals surface area contributed by atoms with E-state index in [1.54, 1.807) is 17.0 Å². The smallest absolute Gasteiger partial charge is 0.251 e. The summed E-state index contributed by atoms with van der Waals surface area (Å²) in [4.78, 5) is 48.6. The molecule has 242 valence electrons. The number of rotatable bonds is 11. The highest BCUT2D eigenvalue weighted by atomic mass is 16.2. The molecule has 2 aliphatic rings. The van der Waals surface area contributed by atoms with Crippen LogP contribution in [0.15, 0.2) is 85.2 Å². The zero-order valence-corrected chi connectivity index (χ0v) is 27.4. The average molecular weight is 629 g/mol. The van der Waals surface area contributed by atoms with Crippen molar-refractivity contribution >= 4 is 18.1 Å². The van der Waals surface area contributed by atoms with Gasteiger partial charge in [-0.2, -0.15) is 0 Å². The topological polar surface area (TPSA) is 92.3 Å². The van der Waals surface area contributed by atoms with Crippen LogP contribution in [-0.4, -0.2) is 52.1 Å². The predicted molar refractivity (Wildman–Crippen MR) is 185 cm³/mol. The fourth-order valence-electron chi connectivity index (χ4n) is 6.84. The second-order valence-corrected chi connectivity index (χ2v) is 13.2. The van der Waals surface area contributed by atoms with Gasteiger partial charge in [-0.25, -0.2) is 9.97 Å². The predicted octanol–water partition coefficient (Wildman–Crippen LogP) is 7.06. The van der Waals surface area contributed by atoms with Crippen LogP contribution in [0.2, 0.25) is 0 Å². The van der Waals surface area contributed by atoms with Gasteiger partial charge in [-0.15, -0.1) is 0 Å². The van der Waals surface area contributed by atoms with Crippen molar-refractivity contribution in [3.05, 3.63) is 107 Å². The van der Waals surface area contributed by atoms with Gasteiger partial charge in [-0.3, -0.25) is 9.59 Å². The van der Waals surface area contributed by atoms with Crippen molar-refractivity contribution in [2.24, 2.45) is 11.8 Å². The maximum atomic E-state index is 13.4. The van der Waals surface area contributed by atoms with Crippen LogP contribution < -0.4 is 5.32 Å². The minimum Gasteiger partial charge on any atom is -0.340 e. The van der Waals surface area contributed by atoms with Gasteiger partial charge in [-0.05, 0) is 78.3 Å². The molecular formula is C40H44N4O3. The maximum absolute atomic E-state index is 13.4. The first-order chi connectivity index (χ1) is 22.9. The SMILES string of the molecule is CCc1ccc(C(=O)NC(Cc2ccc(-c3ncc(-c4ccc(C5CCC(CC)CC5)cc4)cn3)cc2)C(=O)N2CC(C=O)C2)cc1. The van der Waals surface area contributed by atoms with Crippen molar-refractivity contribution in [1.82, 2.24) is 20.2 Å². The number of aryl methyl sites for hydroxylation is 1. The molecule has 3 aromatic carbocycles. The summed E-state index contributed by atoms with van der Waals surface area (Å²) in [5.74, 6) is 1.58. The molecule has 1 N–H and O–H groups in total. The molecule has 1 atom stereocenters. The van der Waals surface area contributed by atoms with Gasteiger partial charge < -0.3 is 15.0 Å². The maximum Gasteiger partial charge on any atom is 0.251 e. The van der Waals surface area contributed by atoms with Crippen LogP contribution in [-0.2, 0) is 22.4 Å². The minimum absolute atomic E-state index is 0.141. The first-order valence-corrected chi connectivity index (χ1v) is 17.1. The standard InChI is InChI=1S/C40H44N4O3/c1-3-27-5-11-31(12-6-27)32-17-19-33(20-18-32)36-22-41-38(42-23-36)34-13-9-29(10-14-34)21-37(40(47)44-24-30(25-44)26-45)43-39(46)35-15-7-28(4-2)8-16-35/h7-10,13-20,22-23,26-27,30-31,37H,3-6,11-12,21,24-25H2,1-2H3,(H,43,46). The largest absolute Gasteiger partial charge is 0.340 e. The number of aldehydes is 1. The number of carbonyl (C=O) groups is 3. The van der Waals surface area contributed by atoms with Crippen molar-refractivity contribution in [2.45, 2.75) is 70.8 Å². The minimum atomic E-state index is -0.750. The Bertz CT molecular complexity index is 1650. The van der Waals surface area contributed by atoms with Gasteiger partial charge in [0, 0.05) is 54.5 Å².